The summed E-state index contributed by atoms with van der Waals surface area (Å²) in [4.78, 5) is 0. The Kier molecular flexibility index (Phi) is 6.89. The van der Waals surface area contributed by atoms with Gasteiger partial charge in [0.15, 0.2) is 5.76 Å². The molecule has 1 aromatic carbocycles. The standard InChI is InChI=1S/C13H13BrClNO2.ClH/c14-9-1-3-11(12(15)7-9)13-4-2-10(18-13)8-16-5-6-17;/h1-4,7,16-17H,5-6,8H2;1H. The summed E-state index contributed by atoms with van der Waals surface area (Å²) in [5.74, 6) is 1.64. The van der Waals surface area contributed by atoms with Crippen LogP contribution in [0.5, 0.6) is 0 Å². The second-order valence-corrected chi connectivity index (χ2v) is 5.22. The molecule has 1 heterocycles. The molecule has 0 radical (unpaired) electrons. The van der Waals surface area contributed by atoms with Gasteiger partial charge in [-0.3, -0.25) is 0 Å². The number of hydrogen-bond donors (Lipinski definition) is 2. The molecule has 0 aliphatic carbocycles. The van der Waals surface area contributed by atoms with Crippen LogP contribution in [0.15, 0.2) is 39.2 Å². The lowest BCUT2D eigenvalue weighted by Crippen LogP contribution is -3.00. The van der Waals surface area contributed by atoms with Crippen LogP contribution in [0, 0.1) is 0 Å². The summed E-state index contributed by atoms with van der Waals surface area (Å²) in [7, 11) is 0. The zero-order valence-corrected chi connectivity index (χ0v) is 13.2. The summed E-state index contributed by atoms with van der Waals surface area (Å²) in [6.45, 7) is 1.57. The second kappa shape index (κ2) is 7.92. The average molecular weight is 367 g/mol. The minimum absolute atomic E-state index is 0. The Hall–Kier alpha value is -0.520. The van der Waals surface area contributed by atoms with Gasteiger partial charge in [0.25, 0.3) is 0 Å². The maximum atomic E-state index is 8.71. The van der Waals surface area contributed by atoms with Crippen molar-refractivity contribution >= 4 is 27.5 Å². The normalized spacial score (nSPS) is 10.3. The highest BCUT2D eigenvalue weighted by molar-refractivity contribution is 9.10. The molecule has 2 rings (SSSR count). The number of furan rings is 1. The number of halogens is 3. The van der Waals surface area contributed by atoms with Gasteiger partial charge in [0.1, 0.15) is 12.3 Å². The molecule has 0 saturated heterocycles. The third kappa shape index (κ3) is 4.51. The first-order valence-electron chi connectivity index (χ1n) is 5.67. The lowest BCUT2D eigenvalue weighted by molar-refractivity contribution is -0.673. The predicted molar refractivity (Wildman–Crippen MR) is 74.4 cm³/mol. The molecule has 0 spiro atoms. The highest BCUT2D eigenvalue weighted by Crippen LogP contribution is 2.31. The van der Waals surface area contributed by atoms with E-state index >= 15 is 0 Å². The van der Waals surface area contributed by atoms with Crippen molar-refractivity contribution in [3.63, 3.8) is 0 Å². The molecule has 0 unspecified atom stereocenters. The van der Waals surface area contributed by atoms with Crippen LogP contribution in [-0.2, 0) is 6.54 Å². The zero-order chi connectivity index (χ0) is 13.0. The fraction of sp³-hybridized carbons (Fsp3) is 0.231. The van der Waals surface area contributed by atoms with Crippen molar-refractivity contribution in [3.05, 3.63) is 45.6 Å². The Labute approximate surface area is 131 Å². The minimum Gasteiger partial charge on any atom is -1.00 e. The number of benzene rings is 1. The molecule has 2 aromatic rings. The smallest absolute Gasteiger partial charge is 0.158 e. The third-order valence-corrected chi connectivity index (χ3v) is 3.34. The van der Waals surface area contributed by atoms with Crippen LogP contribution in [0.3, 0.4) is 0 Å². The maximum Gasteiger partial charge on any atom is 0.158 e. The molecule has 3 N–H and O–H groups in total. The molecule has 0 saturated carbocycles. The van der Waals surface area contributed by atoms with E-state index in [1.165, 1.54) is 0 Å². The van der Waals surface area contributed by atoms with Crippen molar-refractivity contribution in [2.75, 3.05) is 13.2 Å². The summed E-state index contributed by atoms with van der Waals surface area (Å²) in [5.41, 5.74) is 0.883. The number of quaternary nitrogens is 1. The highest BCUT2D eigenvalue weighted by atomic mass is 79.9. The van der Waals surface area contributed by atoms with Crippen LogP contribution < -0.4 is 17.7 Å². The van der Waals surface area contributed by atoms with Crippen LogP contribution >= 0.6 is 27.5 Å². The Morgan fingerprint density at radius 3 is 2.74 bits per heavy atom. The van der Waals surface area contributed by atoms with E-state index in [0.717, 1.165) is 21.6 Å². The van der Waals surface area contributed by atoms with Crippen molar-refractivity contribution in [3.8, 4) is 11.3 Å². The van der Waals surface area contributed by atoms with E-state index < -0.39 is 0 Å². The number of aliphatic hydroxyl groups excluding tert-OH is 1. The van der Waals surface area contributed by atoms with E-state index in [0.29, 0.717) is 18.1 Å². The summed E-state index contributed by atoms with van der Waals surface area (Å²) < 4.78 is 6.67. The van der Waals surface area contributed by atoms with Crippen molar-refractivity contribution < 1.29 is 27.2 Å². The van der Waals surface area contributed by atoms with Crippen molar-refractivity contribution in [2.45, 2.75) is 6.54 Å². The SMILES string of the molecule is OCC[NH2+]Cc1ccc(-c2ccc(Br)cc2Cl)o1.[Cl-]. The van der Waals surface area contributed by atoms with Gasteiger partial charge in [-0.25, -0.2) is 0 Å². The molecular formula is C13H14BrCl2NO2. The third-order valence-electron chi connectivity index (χ3n) is 2.54. The second-order valence-electron chi connectivity index (χ2n) is 3.90. The largest absolute Gasteiger partial charge is 1.00 e. The molecule has 0 aliphatic rings. The monoisotopic (exact) mass is 365 g/mol. The molecule has 0 aliphatic heterocycles. The highest BCUT2D eigenvalue weighted by Gasteiger charge is 2.09. The van der Waals surface area contributed by atoms with E-state index in [9.17, 15) is 0 Å². The number of hydrogen-bond acceptors (Lipinski definition) is 2. The molecule has 0 bridgehead atoms. The van der Waals surface area contributed by atoms with Gasteiger partial charge < -0.3 is 27.2 Å². The lowest BCUT2D eigenvalue weighted by atomic mass is 10.2. The van der Waals surface area contributed by atoms with E-state index in [4.69, 9.17) is 21.1 Å². The lowest BCUT2D eigenvalue weighted by Gasteiger charge is -2.01. The fourth-order valence-corrected chi connectivity index (χ4v) is 2.42. The first kappa shape index (κ1) is 16.5. The van der Waals surface area contributed by atoms with Gasteiger partial charge in [-0.2, -0.15) is 0 Å². The predicted octanol–water partition coefficient (Wildman–Crippen LogP) is -0.578. The molecule has 19 heavy (non-hydrogen) atoms. The van der Waals surface area contributed by atoms with Gasteiger partial charge in [-0.15, -0.1) is 0 Å². The number of rotatable bonds is 5. The summed E-state index contributed by atoms with van der Waals surface area (Å²) in [6, 6.07) is 9.55. The van der Waals surface area contributed by atoms with Gasteiger partial charge in [0, 0.05) is 10.0 Å². The van der Waals surface area contributed by atoms with Gasteiger partial charge in [0.05, 0.1) is 18.2 Å². The summed E-state index contributed by atoms with van der Waals surface area (Å²) >= 11 is 9.54. The Morgan fingerprint density at radius 1 is 1.26 bits per heavy atom. The van der Waals surface area contributed by atoms with Crippen LogP contribution in [-0.4, -0.2) is 18.3 Å². The first-order chi connectivity index (χ1) is 8.70. The van der Waals surface area contributed by atoms with Gasteiger partial charge >= 0.3 is 0 Å². The molecule has 1 aromatic heterocycles. The van der Waals surface area contributed by atoms with Gasteiger partial charge in [-0.05, 0) is 30.3 Å². The molecule has 3 nitrogen and oxygen atoms in total. The summed E-state index contributed by atoms with van der Waals surface area (Å²) in [5, 5.41) is 11.4. The summed E-state index contributed by atoms with van der Waals surface area (Å²) in [6.07, 6.45) is 0. The molecule has 104 valence electrons. The maximum absolute atomic E-state index is 8.71. The van der Waals surface area contributed by atoms with Crippen molar-refractivity contribution in [1.82, 2.24) is 0 Å². The molecule has 0 amide bonds. The van der Waals surface area contributed by atoms with E-state index in [1.807, 2.05) is 35.6 Å². The topological polar surface area (TPSA) is 50.0 Å². The van der Waals surface area contributed by atoms with Crippen LogP contribution in [0.1, 0.15) is 5.76 Å². The molecular weight excluding hydrogens is 353 g/mol. The minimum atomic E-state index is 0. The Morgan fingerprint density at radius 2 is 2.05 bits per heavy atom. The quantitative estimate of drug-likeness (QED) is 0.696. The average Bonchev–Trinajstić information content (AvgIpc) is 2.78. The zero-order valence-electron chi connectivity index (χ0n) is 10.1. The number of nitrogens with two attached hydrogens (primary N) is 1. The Balaban J connectivity index is 0.00000180. The molecule has 0 fully saturated rings. The molecule has 0 atom stereocenters. The van der Waals surface area contributed by atoms with Gasteiger partial charge in [0.2, 0.25) is 0 Å². The van der Waals surface area contributed by atoms with E-state index in [-0.39, 0.29) is 19.0 Å². The molecule has 6 heteroatoms. The first-order valence-corrected chi connectivity index (χ1v) is 6.84. The van der Waals surface area contributed by atoms with E-state index in [1.54, 1.807) is 0 Å². The Bertz CT molecular complexity index is 531. The van der Waals surface area contributed by atoms with Crippen LogP contribution in [0.25, 0.3) is 11.3 Å². The number of aliphatic hydroxyl groups is 1. The van der Waals surface area contributed by atoms with Crippen LogP contribution in [0.2, 0.25) is 5.02 Å². The van der Waals surface area contributed by atoms with Crippen LogP contribution in [0.4, 0.5) is 0 Å². The van der Waals surface area contributed by atoms with Crippen molar-refractivity contribution in [1.29, 1.82) is 0 Å². The van der Waals surface area contributed by atoms with Crippen molar-refractivity contribution in [2.24, 2.45) is 0 Å². The fourth-order valence-electron chi connectivity index (χ4n) is 1.66. The van der Waals surface area contributed by atoms with Gasteiger partial charge in [-0.1, -0.05) is 27.5 Å². The van der Waals surface area contributed by atoms with E-state index in [2.05, 4.69) is 15.9 Å².